The molecule has 5 nitrogen and oxygen atoms in total. The Bertz CT molecular complexity index is 1270. The summed E-state index contributed by atoms with van der Waals surface area (Å²) in [4.78, 5) is 29.4. The van der Waals surface area contributed by atoms with E-state index in [1.165, 1.54) is 36.5 Å². The monoisotopic (exact) mass is 435 g/mol. The van der Waals surface area contributed by atoms with Crippen LogP contribution < -0.4 is 10.6 Å². The van der Waals surface area contributed by atoms with Crippen LogP contribution in [-0.2, 0) is 0 Å². The van der Waals surface area contributed by atoms with Crippen LogP contribution in [0.1, 0.15) is 20.0 Å². The Morgan fingerprint density at radius 2 is 1.52 bits per heavy atom. The quantitative estimate of drug-likeness (QED) is 0.429. The highest BCUT2D eigenvalue weighted by atomic mass is 32.1. The van der Waals surface area contributed by atoms with Crippen molar-refractivity contribution in [2.45, 2.75) is 0 Å². The van der Waals surface area contributed by atoms with Gasteiger partial charge in [-0.05, 0) is 48.5 Å². The Kier molecular flexibility index (Phi) is 5.81. The molecule has 0 fully saturated rings. The van der Waals surface area contributed by atoms with Crippen molar-refractivity contribution in [3.8, 4) is 10.6 Å². The Hall–Kier alpha value is -3.91. The predicted molar refractivity (Wildman–Crippen MR) is 116 cm³/mol. The number of carbonyl (C=O) groups excluding carboxylic acids is 2. The van der Waals surface area contributed by atoms with Crippen LogP contribution in [0.4, 0.5) is 20.2 Å². The molecule has 2 amide bonds. The first-order valence-corrected chi connectivity index (χ1v) is 10.0. The van der Waals surface area contributed by atoms with Crippen molar-refractivity contribution in [2.75, 3.05) is 10.6 Å². The lowest BCUT2D eigenvalue weighted by Crippen LogP contribution is -2.14. The minimum atomic E-state index is -0.460. The van der Waals surface area contributed by atoms with Crippen LogP contribution in [0.2, 0.25) is 0 Å². The van der Waals surface area contributed by atoms with Crippen LogP contribution in [0.3, 0.4) is 0 Å². The number of hydrogen-bond donors (Lipinski definition) is 2. The zero-order valence-electron chi connectivity index (χ0n) is 15.9. The molecule has 0 saturated heterocycles. The maximum Gasteiger partial charge on any atom is 0.267 e. The minimum absolute atomic E-state index is 0.290. The maximum atomic E-state index is 13.9. The average Bonchev–Trinajstić information content (AvgIpc) is 3.24. The highest BCUT2D eigenvalue weighted by molar-refractivity contribution is 7.17. The van der Waals surface area contributed by atoms with E-state index in [0.29, 0.717) is 32.4 Å². The highest BCUT2D eigenvalue weighted by Crippen LogP contribution is 2.28. The van der Waals surface area contributed by atoms with E-state index in [0.717, 1.165) is 11.3 Å². The molecular weight excluding hydrogens is 420 g/mol. The minimum Gasteiger partial charge on any atom is -0.322 e. The molecule has 0 saturated carbocycles. The van der Waals surface area contributed by atoms with E-state index in [4.69, 9.17) is 0 Å². The number of nitrogens with one attached hydrogen (secondary N) is 2. The molecule has 2 N–H and O–H groups in total. The summed E-state index contributed by atoms with van der Waals surface area (Å²) in [5.74, 6) is -1.75. The second-order valence-electron chi connectivity index (χ2n) is 6.51. The average molecular weight is 435 g/mol. The number of aromatic nitrogens is 1. The first kappa shape index (κ1) is 20.4. The summed E-state index contributed by atoms with van der Waals surface area (Å²) in [7, 11) is 0. The zero-order valence-corrected chi connectivity index (χ0v) is 16.7. The Labute approximate surface area is 180 Å². The Morgan fingerprint density at radius 3 is 2.29 bits per heavy atom. The van der Waals surface area contributed by atoms with Crippen molar-refractivity contribution in [3.63, 3.8) is 0 Å². The molecule has 0 aliphatic heterocycles. The molecule has 0 unspecified atom stereocenters. The summed E-state index contributed by atoms with van der Waals surface area (Å²) in [5, 5.41) is 5.70. The smallest absolute Gasteiger partial charge is 0.267 e. The van der Waals surface area contributed by atoms with E-state index >= 15 is 0 Å². The first-order chi connectivity index (χ1) is 15.0. The summed E-state index contributed by atoms with van der Waals surface area (Å²) < 4.78 is 27.2. The van der Waals surface area contributed by atoms with Crippen LogP contribution in [-0.4, -0.2) is 16.8 Å². The fourth-order valence-corrected chi connectivity index (χ4v) is 3.68. The van der Waals surface area contributed by atoms with Gasteiger partial charge in [-0.15, -0.1) is 11.3 Å². The molecule has 0 aliphatic rings. The van der Waals surface area contributed by atoms with E-state index in [9.17, 15) is 18.4 Å². The van der Waals surface area contributed by atoms with E-state index in [2.05, 4.69) is 15.6 Å². The number of hydrogen-bond acceptors (Lipinski definition) is 4. The van der Waals surface area contributed by atoms with Crippen molar-refractivity contribution in [1.29, 1.82) is 0 Å². The summed E-state index contributed by atoms with van der Waals surface area (Å²) in [5.41, 5.74) is 1.34. The Morgan fingerprint density at radius 1 is 0.806 bits per heavy atom. The van der Waals surface area contributed by atoms with Gasteiger partial charge in [0.25, 0.3) is 11.8 Å². The van der Waals surface area contributed by atoms with Gasteiger partial charge in [-0.1, -0.05) is 24.3 Å². The van der Waals surface area contributed by atoms with Crippen LogP contribution >= 0.6 is 11.3 Å². The summed E-state index contributed by atoms with van der Waals surface area (Å²) in [6.07, 6.45) is 1.38. The summed E-state index contributed by atoms with van der Waals surface area (Å²) in [6, 6.07) is 18.1. The molecule has 8 heteroatoms. The lowest BCUT2D eigenvalue weighted by atomic mass is 10.1. The SMILES string of the molecule is O=C(Nc1cccc(F)c1)c1cccc(NC(=O)c2cnc(-c3ccccc3F)s2)c1. The molecule has 0 radical (unpaired) electrons. The van der Waals surface area contributed by atoms with Gasteiger partial charge < -0.3 is 10.6 Å². The van der Waals surface area contributed by atoms with Gasteiger partial charge in [0.2, 0.25) is 0 Å². The molecular formula is C23H15F2N3O2S. The van der Waals surface area contributed by atoms with Gasteiger partial charge in [-0.2, -0.15) is 0 Å². The third-order valence-electron chi connectivity index (χ3n) is 4.30. The topological polar surface area (TPSA) is 71.1 Å². The van der Waals surface area contributed by atoms with Crippen LogP contribution in [0.25, 0.3) is 10.6 Å². The van der Waals surface area contributed by atoms with E-state index in [1.54, 1.807) is 42.5 Å². The largest absolute Gasteiger partial charge is 0.322 e. The van der Waals surface area contributed by atoms with Gasteiger partial charge in [0.15, 0.2) is 0 Å². The van der Waals surface area contributed by atoms with Crippen molar-refractivity contribution >= 4 is 34.5 Å². The van der Waals surface area contributed by atoms with Crippen LogP contribution in [0.5, 0.6) is 0 Å². The lowest BCUT2D eigenvalue weighted by molar-refractivity contribution is 0.101. The number of halogens is 2. The summed E-state index contributed by atoms with van der Waals surface area (Å²) >= 11 is 1.06. The molecule has 31 heavy (non-hydrogen) atoms. The van der Waals surface area contributed by atoms with Gasteiger partial charge >= 0.3 is 0 Å². The number of nitrogens with zero attached hydrogens (tertiary/aromatic N) is 1. The number of carbonyl (C=O) groups is 2. The number of thiazole rings is 1. The van der Waals surface area contributed by atoms with Gasteiger partial charge in [-0.25, -0.2) is 13.8 Å². The first-order valence-electron chi connectivity index (χ1n) is 9.19. The molecule has 4 rings (SSSR count). The number of anilines is 2. The summed E-state index contributed by atoms with van der Waals surface area (Å²) in [6.45, 7) is 0. The molecule has 0 aliphatic carbocycles. The number of benzene rings is 3. The molecule has 1 heterocycles. The molecule has 3 aromatic carbocycles. The van der Waals surface area contributed by atoms with E-state index in [1.807, 2.05) is 0 Å². The number of rotatable bonds is 5. The van der Waals surface area contributed by atoms with E-state index in [-0.39, 0.29) is 0 Å². The zero-order chi connectivity index (χ0) is 21.8. The molecule has 4 aromatic rings. The molecule has 1 aromatic heterocycles. The standard InChI is InChI=1S/C23H15F2N3O2S/c24-15-6-4-8-17(12-15)27-21(29)14-5-3-7-16(11-14)28-22(30)20-13-26-23(31-20)18-9-1-2-10-19(18)25/h1-13H,(H,27,29)(H,28,30). The predicted octanol–water partition coefficient (Wildman–Crippen LogP) is 5.59. The number of amides is 2. The molecule has 154 valence electrons. The van der Waals surface area contributed by atoms with Gasteiger partial charge in [0.1, 0.15) is 21.5 Å². The fraction of sp³-hybridized carbons (Fsp3) is 0. The maximum absolute atomic E-state index is 13.9. The van der Waals surface area contributed by atoms with Crippen LogP contribution in [0, 0.1) is 11.6 Å². The normalized spacial score (nSPS) is 10.5. The fourth-order valence-electron chi connectivity index (χ4n) is 2.84. The van der Waals surface area contributed by atoms with Crippen molar-refractivity contribution < 1.29 is 18.4 Å². The second-order valence-corrected chi connectivity index (χ2v) is 7.54. The lowest BCUT2D eigenvalue weighted by Gasteiger charge is -2.08. The van der Waals surface area contributed by atoms with E-state index < -0.39 is 23.4 Å². The van der Waals surface area contributed by atoms with Gasteiger partial charge in [0, 0.05) is 22.5 Å². The third-order valence-corrected chi connectivity index (χ3v) is 5.33. The van der Waals surface area contributed by atoms with Crippen molar-refractivity contribution in [3.05, 3.63) is 101 Å². The van der Waals surface area contributed by atoms with Gasteiger partial charge in [-0.3, -0.25) is 9.59 Å². The molecule has 0 spiro atoms. The van der Waals surface area contributed by atoms with Crippen molar-refractivity contribution in [2.24, 2.45) is 0 Å². The third kappa shape index (κ3) is 4.81. The molecule has 0 bridgehead atoms. The van der Waals surface area contributed by atoms with Gasteiger partial charge in [0.05, 0.1) is 6.20 Å². The second kappa shape index (κ2) is 8.85. The Balaban J connectivity index is 1.47. The van der Waals surface area contributed by atoms with Crippen LogP contribution in [0.15, 0.2) is 79.0 Å². The molecule has 0 atom stereocenters. The van der Waals surface area contributed by atoms with Crippen molar-refractivity contribution in [1.82, 2.24) is 4.98 Å². The highest BCUT2D eigenvalue weighted by Gasteiger charge is 2.15.